The maximum absolute atomic E-state index is 14.0. The van der Waals surface area contributed by atoms with Gasteiger partial charge in [0, 0.05) is 11.1 Å². The molecule has 1 fully saturated rings. The Labute approximate surface area is 202 Å². The zero-order valence-electron chi connectivity index (χ0n) is 16.7. The van der Waals surface area contributed by atoms with Gasteiger partial charge in [-0.2, -0.15) is 0 Å². The summed E-state index contributed by atoms with van der Waals surface area (Å²) in [6.45, 7) is 0. The van der Waals surface area contributed by atoms with Crippen LogP contribution >= 0.6 is 34.7 Å². The third-order valence-corrected chi connectivity index (χ3v) is 7.29. The Hall–Kier alpha value is -3.30. The van der Waals surface area contributed by atoms with Gasteiger partial charge in [0.05, 0.1) is 17.1 Å². The summed E-state index contributed by atoms with van der Waals surface area (Å²) < 4.78 is 27.5. The second-order valence-corrected chi connectivity index (χ2v) is 9.77. The van der Waals surface area contributed by atoms with Gasteiger partial charge < -0.3 is 21.4 Å². The number of rotatable bonds is 6. The fourth-order valence-corrected chi connectivity index (χ4v) is 5.60. The van der Waals surface area contributed by atoms with Crippen molar-refractivity contribution in [1.82, 2.24) is 20.2 Å². The summed E-state index contributed by atoms with van der Waals surface area (Å²) in [4.78, 5) is 45.6. The van der Waals surface area contributed by atoms with Crippen LogP contribution in [0, 0.1) is 11.6 Å². The average Bonchev–Trinajstić information content (AvgIpc) is 3.12. The number of β-lactam (4-membered cyclic amide) rings is 1. The number of allylic oxidation sites excluding steroid dienone is 1. The molecule has 0 bridgehead atoms. The van der Waals surface area contributed by atoms with Gasteiger partial charge in [-0.25, -0.2) is 18.6 Å². The molecule has 2 aliphatic heterocycles. The van der Waals surface area contributed by atoms with E-state index in [0.29, 0.717) is 18.0 Å². The molecule has 2 aromatic rings. The van der Waals surface area contributed by atoms with E-state index >= 15 is 0 Å². The van der Waals surface area contributed by atoms with Gasteiger partial charge >= 0.3 is 5.97 Å². The zero-order valence-corrected chi connectivity index (χ0v) is 19.0. The number of carboxylic acids is 1. The Morgan fingerprint density at radius 3 is 2.74 bits per heavy atom. The number of oxime groups is 1. The van der Waals surface area contributed by atoms with Crippen molar-refractivity contribution in [2.45, 2.75) is 29.8 Å². The van der Waals surface area contributed by atoms with E-state index < -0.39 is 52.9 Å². The molecule has 4 rings (SSSR count). The zero-order chi connectivity index (χ0) is 24.7. The number of hydrogen-bond acceptors (Lipinski definition) is 10. The van der Waals surface area contributed by atoms with Crippen molar-refractivity contribution in [3.8, 4) is 0 Å². The largest absolute Gasteiger partial charge is 0.477 e. The molecule has 2 amide bonds. The fourth-order valence-electron chi connectivity index (χ4n) is 3.61. The minimum atomic E-state index is -1.45. The van der Waals surface area contributed by atoms with Crippen molar-refractivity contribution < 1.29 is 33.5 Å². The van der Waals surface area contributed by atoms with Crippen LogP contribution in [-0.2, 0) is 14.4 Å². The number of amides is 2. The first-order valence-corrected chi connectivity index (χ1v) is 11.4. The number of anilines is 1. The van der Waals surface area contributed by atoms with Crippen LogP contribution in [0.2, 0.25) is 4.34 Å². The molecule has 34 heavy (non-hydrogen) atoms. The van der Waals surface area contributed by atoms with Crippen LogP contribution in [0.5, 0.6) is 0 Å². The molecule has 2 atom stereocenters. The lowest BCUT2D eigenvalue weighted by Gasteiger charge is -2.50. The predicted molar refractivity (Wildman–Crippen MR) is 116 cm³/mol. The summed E-state index contributed by atoms with van der Waals surface area (Å²) in [5, 5.41) is 24.3. The third-order valence-electron chi connectivity index (χ3n) is 5.06. The average molecular weight is 531 g/mol. The standard InChI is InChI=1S/C18H13ClF2N6O5S2/c19-14-11(25-18(22)34-14)12(26-32)15(28)24-10-6-1-2-7(13(17(30)31)27(6)16(10)29)33-8-4-23-3-5(20)9(8)21/h3-4,6,10,32H,1-2H2,(H2,22,25)(H,24,28)(H,30,31)/b26-12-. The van der Waals surface area contributed by atoms with Crippen LogP contribution in [0.4, 0.5) is 13.9 Å². The van der Waals surface area contributed by atoms with Gasteiger partial charge in [-0.05, 0) is 12.8 Å². The number of hydrogen-bond donors (Lipinski definition) is 4. The summed E-state index contributed by atoms with van der Waals surface area (Å²) in [7, 11) is 0. The number of fused-ring (bicyclic) bond motifs is 1. The maximum atomic E-state index is 14.0. The first-order valence-electron chi connectivity index (χ1n) is 9.35. The number of nitrogen functional groups attached to an aromatic ring is 1. The quantitative estimate of drug-likeness (QED) is 0.188. The highest BCUT2D eigenvalue weighted by Crippen LogP contribution is 2.43. The molecule has 0 aliphatic carbocycles. The number of halogens is 3. The second-order valence-electron chi connectivity index (χ2n) is 7.00. The van der Waals surface area contributed by atoms with E-state index in [1.165, 1.54) is 0 Å². The number of carbonyl (C=O) groups excluding carboxylic acids is 2. The molecule has 2 aromatic heterocycles. The molecule has 2 unspecified atom stereocenters. The molecule has 5 N–H and O–H groups in total. The first-order chi connectivity index (χ1) is 16.1. The van der Waals surface area contributed by atoms with Crippen LogP contribution in [0.3, 0.4) is 0 Å². The van der Waals surface area contributed by atoms with Crippen molar-refractivity contribution in [1.29, 1.82) is 0 Å². The Morgan fingerprint density at radius 1 is 1.38 bits per heavy atom. The van der Waals surface area contributed by atoms with E-state index in [9.17, 15) is 33.5 Å². The number of nitrogens with zero attached hydrogens (tertiary/aromatic N) is 4. The van der Waals surface area contributed by atoms with Gasteiger partial charge in [0.15, 0.2) is 22.5 Å². The SMILES string of the molecule is Nc1nc(/C(=N/O)C(=O)NC2C(=O)N3C(C(=O)O)=C(Sc4cncc(F)c4F)CCC23)c(Cl)s1. The molecule has 1 saturated heterocycles. The monoisotopic (exact) mass is 530 g/mol. The molecule has 0 saturated carbocycles. The summed E-state index contributed by atoms with van der Waals surface area (Å²) in [6, 6.07) is -1.84. The molecule has 178 valence electrons. The van der Waals surface area contributed by atoms with Gasteiger partial charge in [-0.15, -0.1) is 0 Å². The van der Waals surface area contributed by atoms with E-state index in [2.05, 4.69) is 20.4 Å². The molecule has 16 heteroatoms. The summed E-state index contributed by atoms with van der Waals surface area (Å²) >= 11 is 7.46. The van der Waals surface area contributed by atoms with Crippen LogP contribution in [0.1, 0.15) is 18.5 Å². The molecular weight excluding hydrogens is 518 g/mol. The molecule has 0 aromatic carbocycles. The first kappa shape index (κ1) is 23.8. The summed E-state index contributed by atoms with van der Waals surface area (Å²) in [5.41, 5.74) is 4.39. The number of aliphatic carboxylic acids is 1. The predicted octanol–water partition coefficient (Wildman–Crippen LogP) is 1.81. The minimum absolute atomic E-state index is 0.00323. The number of nitrogens with one attached hydrogen (secondary N) is 1. The van der Waals surface area contributed by atoms with Crippen LogP contribution in [-0.4, -0.2) is 60.8 Å². The summed E-state index contributed by atoms with van der Waals surface area (Å²) in [5.74, 6) is -5.54. The van der Waals surface area contributed by atoms with Crippen LogP contribution in [0.15, 0.2) is 33.0 Å². The molecule has 11 nitrogen and oxygen atoms in total. The number of pyridine rings is 1. The number of thioether (sulfide) groups is 1. The topological polar surface area (TPSA) is 171 Å². The molecule has 0 radical (unpaired) electrons. The van der Waals surface area contributed by atoms with Crippen molar-refractivity contribution in [3.63, 3.8) is 0 Å². The fraction of sp³-hybridized carbons (Fsp3) is 0.222. The molecule has 4 heterocycles. The van der Waals surface area contributed by atoms with Crippen molar-refractivity contribution >= 4 is 63.3 Å². The van der Waals surface area contributed by atoms with E-state index in [1.807, 2.05) is 0 Å². The highest BCUT2D eigenvalue weighted by molar-refractivity contribution is 8.03. The maximum Gasteiger partial charge on any atom is 0.353 e. The molecule has 2 aliphatic rings. The minimum Gasteiger partial charge on any atom is -0.477 e. The lowest BCUT2D eigenvalue weighted by atomic mass is 9.86. The van der Waals surface area contributed by atoms with Crippen molar-refractivity contribution in [2.24, 2.45) is 5.16 Å². The van der Waals surface area contributed by atoms with E-state index in [0.717, 1.165) is 22.4 Å². The van der Waals surface area contributed by atoms with E-state index in [4.69, 9.17) is 17.3 Å². The smallest absolute Gasteiger partial charge is 0.353 e. The second kappa shape index (κ2) is 9.15. The summed E-state index contributed by atoms with van der Waals surface area (Å²) in [6.07, 6.45) is 2.06. The van der Waals surface area contributed by atoms with Gasteiger partial charge in [0.1, 0.15) is 21.8 Å². The normalized spacial score (nSPS) is 20.1. The number of carboxylic acid groups (broad SMARTS) is 1. The van der Waals surface area contributed by atoms with Gasteiger partial charge in [-0.3, -0.25) is 19.5 Å². The van der Waals surface area contributed by atoms with E-state index in [1.54, 1.807) is 0 Å². The highest BCUT2D eigenvalue weighted by atomic mass is 35.5. The number of carbonyl (C=O) groups is 3. The van der Waals surface area contributed by atoms with Crippen LogP contribution < -0.4 is 11.1 Å². The Bertz CT molecular complexity index is 1290. The number of nitrogens with two attached hydrogens (primary N) is 1. The Balaban J connectivity index is 1.55. The van der Waals surface area contributed by atoms with Gasteiger partial charge in [0.2, 0.25) is 0 Å². The highest BCUT2D eigenvalue weighted by Gasteiger charge is 2.54. The van der Waals surface area contributed by atoms with Gasteiger partial charge in [-0.1, -0.05) is 39.9 Å². The Morgan fingerprint density at radius 2 is 2.12 bits per heavy atom. The lowest BCUT2D eigenvalue weighted by Crippen LogP contribution is -2.72. The lowest BCUT2D eigenvalue weighted by molar-refractivity contribution is -0.155. The Kier molecular flexibility index (Phi) is 6.42. The third kappa shape index (κ3) is 4.05. The van der Waals surface area contributed by atoms with Crippen molar-refractivity contribution in [2.75, 3.05) is 5.73 Å². The van der Waals surface area contributed by atoms with Crippen LogP contribution in [0.25, 0.3) is 0 Å². The van der Waals surface area contributed by atoms with Crippen molar-refractivity contribution in [3.05, 3.63) is 44.7 Å². The molecular formula is C18H13ClF2N6O5S2. The molecule has 0 spiro atoms. The number of aromatic nitrogens is 2. The van der Waals surface area contributed by atoms with Gasteiger partial charge in [0.25, 0.3) is 11.8 Å². The van der Waals surface area contributed by atoms with E-state index in [-0.39, 0.29) is 37.8 Å². The number of thiazole rings is 1.